The maximum absolute atomic E-state index is 10.8. The molecule has 0 aliphatic carbocycles. The van der Waals surface area contributed by atoms with E-state index in [9.17, 15) is 10.1 Å². The highest BCUT2D eigenvalue weighted by molar-refractivity contribution is 6.01. The van der Waals surface area contributed by atoms with E-state index >= 15 is 0 Å². The van der Waals surface area contributed by atoms with E-state index in [1.165, 1.54) is 0 Å². The van der Waals surface area contributed by atoms with E-state index in [1.807, 2.05) is 18.2 Å². The minimum Gasteiger partial charge on any atom is -0.378 e. The van der Waals surface area contributed by atoms with Crippen molar-refractivity contribution < 1.29 is 4.92 Å². The Morgan fingerprint density at radius 3 is 2.56 bits per heavy atom. The second-order valence-electron chi connectivity index (χ2n) is 3.44. The van der Waals surface area contributed by atoms with Gasteiger partial charge in [0.2, 0.25) is 5.82 Å². The van der Waals surface area contributed by atoms with Crippen molar-refractivity contribution in [2.24, 2.45) is 10.7 Å². The zero-order valence-corrected chi connectivity index (χ0v) is 9.18. The number of benzene rings is 1. The van der Waals surface area contributed by atoms with Crippen molar-refractivity contribution in [3.05, 3.63) is 57.5 Å². The molecule has 1 aliphatic rings. The second kappa shape index (κ2) is 4.53. The number of rotatable bonds is 3. The van der Waals surface area contributed by atoms with Crippen molar-refractivity contribution in [1.29, 1.82) is 5.41 Å². The largest absolute Gasteiger partial charge is 0.378 e. The van der Waals surface area contributed by atoms with Gasteiger partial charge in [0.05, 0.1) is 4.92 Å². The summed E-state index contributed by atoms with van der Waals surface area (Å²) < 4.78 is 0. The van der Waals surface area contributed by atoms with Gasteiger partial charge < -0.3 is 5.73 Å². The van der Waals surface area contributed by atoms with Crippen LogP contribution in [-0.4, -0.2) is 16.6 Å². The lowest BCUT2D eigenvalue weighted by Crippen LogP contribution is -2.32. The molecule has 8 heteroatoms. The SMILES string of the molecule is N=C(N)/C(=C1/N=C(c2ccccc2)NN1)[N+](=O)[O-]. The van der Waals surface area contributed by atoms with E-state index in [0.29, 0.717) is 5.84 Å². The quantitative estimate of drug-likeness (QED) is 0.256. The lowest BCUT2D eigenvalue weighted by Gasteiger charge is -2.00. The molecule has 0 radical (unpaired) electrons. The molecule has 2 rings (SSSR count). The van der Waals surface area contributed by atoms with Gasteiger partial charge in [-0.25, -0.2) is 4.99 Å². The van der Waals surface area contributed by atoms with E-state index in [0.717, 1.165) is 5.56 Å². The molecule has 0 saturated carbocycles. The molecule has 1 aliphatic heterocycles. The predicted octanol–water partition coefficient (Wildman–Crippen LogP) is -0.0772. The molecule has 0 saturated heterocycles. The van der Waals surface area contributed by atoms with Crippen LogP contribution in [0.25, 0.3) is 0 Å². The molecule has 0 aromatic heterocycles. The van der Waals surface area contributed by atoms with Crippen LogP contribution in [-0.2, 0) is 0 Å². The molecule has 1 aromatic rings. The number of nitrogens with zero attached hydrogens (tertiary/aromatic N) is 2. The molecule has 0 bridgehead atoms. The molecule has 0 spiro atoms. The van der Waals surface area contributed by atoms with Gasteiger partial charge in [-0.05, 0) is 0 Å². The summed E-state index contributed by atoms with van der Waals surface area (Å²) in [4.78, 5) is 14.0. The summed E-state index contributed by atoms with van der Waals surface area (Å²) in [6, 6.07) is 9.09. The van der Waals surface area contributed by atoms with Crippen LogP contribution >= 0.6 is 0 Å². The fraction of sp³-hybridized carbons (Fsp3) is 0. The number of aliphatic imine (C=N–C) groups is 1. The zero-order valence-electron chi connectivity index (χ0n) is 9.18. The van der Waals surface area contributed by atoms with Crippen molar-refractivity contribution in [3.8, 4) is 0 Å². The fourth-order valence-corrected chi connectivity index (χ4v) is 1.44. The van der Waals surface area contributed by atoms with Gasteiger partial charge in [0.25, 0.3) is 0 Å². The van der Waals surface area contributed by atoms with Crippen LogP contribution in [0.1, 0.15) is 5.56 Å². The van der Waals surface area contributed by atoms with Gasteiger partial charge in [0, 0.05) is 5.56 Å². The van der Waals surface area contributed by atoms with Crippen LogP contribution in [0, 0.1) is 15.5 Å². The molecule has 92 valence electrons. The Balaban J connectivity index is 2.41. The van der Waals surface area contributed by atoms with Crippen molar-refractivity contribution >= 4 is 11.7 Å². The van der Waals surface area contributed by atoms with E-state index < -0.39 is 16.5 Å². The summed E-state index contributed by atoms with van der Waals surface area (Å²) >= 11 is 0. The molecule has 0 amide bonds. The van der Waals surface area contributed by atoms with Crippen LogP contribution in [0.4, 0.5) is 0 Å². The molecule has 0 unspecified atom stereocenters. The van der Waals surface area contributed by atoms with Crippen molar-refractivity contribution in [2.45, 2.75) is 0 Å². The van der Waals surface area contributed by atoms with Gasteiger partial charge in [-0.2, -0.15) is 0 Å². The number of nitro groups is 1. The highest BCUT2D eigenvalue weighted by Crippen LogP contribution is 2.10. The predicted molar refractivity (Wildman–Crippen MR) is 65.2 cm³/mol. The summed E-state index contributed by atoms with van der Waals surface area (Å²) in [6.07, 6.45) is 0. The Bertz CT molecular complexity index is 547. The fourth-order valence-electron chi connectivity index (χ4n) is 1.44. The molecule has 0 fully saturated rings. The summed E-state index contributed by atoms with van der Waals surface area (Å²) in [5.41, 5.74) is 10.6. The van der Waals surface area contributed by atoms with Crippen LogP contribution in [0.5, 0.6) is 0 Å². The third kappa shape index (κ3) is 2.12. The number of amidine groups is 2. The van der Waals surface area contributed by atoms with Crippen molar-refractivity contribution in [2.75, 3.05) is 0 Å². The molecule has 5 N–H and O–H groups in total. The third-order valence-electron chi connectivity index (χ3n) is 2.23. The van der Waals surface area contributed by atoms with Gasteiger partial charge in [0.15, 0.2) is 11.7 Å². The van der Waals surface area contributed by atoms with E-state index in [-0.39, 0.29) is 5.82 Å². The van der Waals surface area contributed by atoms with Crippen LogP contribution < -0.4 is 16.6 Å². The number of hydrogen-bond acceptors (Lipinski definition) is 6. The minimum absolute atomic E-state index is 0.0775. The first kappa shape index (κ1) is 11.6. The second-order valence-corrected chi connectivity index (χ2v) is 3.44. The van der Waals surface area contributed by atoms with E-state index in [4.69, 9.17) is 11.1 Å². The Hall–Kier alpha value is -2.90. The number of nitrogens with one attached hydrogen (secondary N) is 3. The normalized spacial score (nSPS) is 16.3. The number of nitrogens with two attached hydrogens (primary N) is 1. The molecule has 0 atom stereocenters. The highest BCUT2D eigenvalue weighted by atomic mass is 16.6. The maximum Gasteiger partial charge on any atom is 0.354 e. The standard InChI is InChI=1S/C10H10N6O2/c11-8(12)7(16(17)18)10-13-9(14-15-10)6-4-2-1-3-5-6/h1-5,15H,(H3,11,12)(H,13,14)/b10-7+. The summed E-state index contributed by atoms with van der Waals surface area (Å²) in [7, 11) is 0. The van der Waals surface area contributed by atoms with Gasteiger partial charge in [0.1, 0.15) is 0 Å². The lowest BCUT2D eigenvalue weighted by atomic mass is 10.2. The first-order valence-electron chi connectivity index (χ1n) is 4.99. The van der Waals surface area contributed by atoms with Crippen LogP contribution in [0.2, 0.25) is 0 Å². The molecular weight excluding hydrogens is 236 g/mol. The minimum atomic E-state index is -0.746. The Kier molecular flexibility index (Phi) is 2.92. The van der Waals surface area contributed by atoms with Gasteiger partial charge in [-0.15, -0.1) is 0 Å². The molecule has 8 nitrogen and oxygen atoms in total. The molecular formula is C10H10N6O2. The smallest absolute Gasteiger partial charge is 0.354 e. The summed E-state index contributed by atoms with van der Waals surface area (Å²) in [5.74, 6) is -0.292. The summed E-state index contributed by atoms with van der Waals surface area (Å²) in [6.45, 7) is 0. The lowest BCUT2D eigenvalue weighted by molar-refractivity contribution is -0.416. The number of hydrogen-bond donors (Lipinski definition) is 4. The third-order valence-corrected chi connectivity index (χ3v) is 2.23. The average Bonchev–Trinajstić information content (AvgIpc) is 2.78. The Morgan fingerprint density at radius 1 is 1.33 bits per heavy atom. The molecule has 1 aromatic carbocycles. The highest BCUT2D eigenvalue weighted by Gasteiger charge is 2.26. The van der Waals surface area contributed by atoms with Crippen LogP contribution in [0.15, 0.2) is 46.8 Å². The van der Waals surface area contributed by atoms with Crippen molar-refractivity contribution in [3.63, 3.8) is 0 Å². The molecule has 18 heavy (non-hydrogen) atoms. The van der Waals surface area contributed by atoms with E-state index in [2.05, 4.69) is 15.8 Å². The van der Waals surface area contributed by atoms with Gasteiger partial charge in [-0.1, -0.05) is 30.3 Å². The Labute approximate surface area is 102 Å². The monoisotopic (exact) mass is 246 g/mol. The molecule has 1 heterocycles. The number of hydrazine groups is 1. The first-order chi connectivity index (χ1) is 8.59. The van der Waals surface area contributed by atoms with Gasteiger partial charge in [-0.3, -0.25) is 26.4 Å². The average molecular weight is 246 g/mol. The summed E-state index contributed by atoms with van der Waals surface area (Å²) in [5, 5.41) is 17.9. The van der Waals surface area contributed by atoms with Crippen molar-refractivity contribution in [1.82, 2.24) is 10.9 Å². The van der Waals surface area contributed by atoms with Gasteiger partial charge >= 0.3 is 5.70 Å². The first-order valence-corrected chi connectivity index (χ1v) is 4.99. The maximum atomic E-state index is 10.8. The van der Waals surface area contributed by atoms with E-state index in [1.54, 1.807) is 12.1 Å². The zero-order chi connectivity index (χ0) is 13.1. The Morgan fingerprint density at radius 2 is 2.00 bits per heavy atom. The van der Waals surface area contributed by atoms with Crippen LogP contribution in [0.3, 0.4) is 0 Å². The topological polar surface area (TPSA) is 129 Å².